The van der Waals surface area contributed by atoms with E-state index < -0.39 is 22.5 Å². The highest BCUT2D eigenvalue weighted by molar-refractivity contribution is 6.00. The molecule has 0 aliphatic heterocycles. The Morgan fingerprint density at radius 3 is 2.36 bits per heavy atom. The molecule has 0 atom stereocenters. The second-order valence-electron chi connectivity index (χ2n) is 4.34. The van der Waals surface area contributed by atoms with E-state index >= 15 is 0 Å². The van der Waals surface area contributed by atoms with Gasteiger partial charge in [-0.15, -0.1) is 0 Å². The Balaban J connectivity index is 2.39. The number of amides is 1. The van der Waals surface area contributed by atoms with Gasteiger partial charge in [-0.2, -0.15) is 0 Å². The summed E-state index contributed by atoms with van der Waals surface area (Å²) in [6.07, 6.45) is 0. The number of nitro groups is 1. The molecule has 0 fully saturated rings. The molecule has 7 heteroatoms. The summed E-state index contributed by atoms with van der Waals surface area (Å²) in [6.45, 7) is 1.22. The molecule has 0 saturated heterocycles. The zero-order chi connectivity index (χ0) is 16.1. The Labute approximate surface area is 125 Å². The van der Waals surface area contributed by atoms with E-state index in [0.717, 1.165) is 0 Å². The smallest absolute Gasteiger partial charge is 0.350 e. The highest BCUT2D eigenvalue weighted by Gasteiger charge is 2.26. The molecule has 2 aromatic rings. The normalized spacial score (nSPS) is 9.86. The van der Waals surface area contributed by atoms with Crippen LogP contribution < -0.4 is 10.1 Å². The number of carbonyl (C=O) groups is 2. The molecule has 0 aromatic heterocycles. The molecule has 7 nitrogen and oxygen atoms in total. The van der Waals surface area contributed by atoms with Crippen LogP contribution in [-0.4, -0.2) is 16.8 Å². The number of benzene rings is 2. The fraction of sp³-hybridized carbons (Fsp3) is 0.0667. The van der Waals surface area contributed by atoms with Crippen LogP contribution in [0.4, 0.5) is 11.4 Å². The van der Waals surface area contributed by atoms with E-state index in [0.29, 0.717) is 0 Å². The van der Waals surface area contributed by atoms with Gasteiger partial charge in [-0.05, 0) is 24.3 Å². The average Bonchev–Trinajstić information content (AvgIpc) is 2.47. The van der Waals surface area contributed by atoms with E-state index in [9.17, 15) is 19.7 Å². The first kappa shape index (κ1) is 15.2. The van der Waals surface area contributed by atoms with Crippen LogP contribution in [-0.2, 0) is 4.79 Å². The van der Waals surface area contributed by atoms with E-state index in [2.05, 4.69) is 5.32 Å². The molecular weight excluding hydrogens is 288 g/mol. The second kappa shape index (κ2) is 6.49. The number of nitrogens with one attached hydrogen (secondary N) is 1. The first-order valence-corrected chi connectivity index (χ1v) is 6.31. The number of ether oxygens (including phenoxy) is 1. The summed E-state index contributed by atoms with van der Waals surface area (Å²) < 4.78 is 5.10. The third-order valence-electron chi connectivity index (χ3n) is 2.70. The summed E-state index contributed by atoms with van der Waals surface area (Å²) in [5, 5.41) is 13.6. The number of nitro benzene ring substituents is 1. The van der Waals surface area contributed by atoms with Gasteiger partial charge in [0.15, 0.2) is 0 Å². The molecule has 0 radical (unpaired) electrons. The number of nitrogens with zero attached hydrogens (tertiary/aromatic N) is 1. The lowest BCUT2D eigenvalue weighted by atomic mass is 10.1. The molecule has 0 aliphatic rings. The summed E-state index contributed by atoms with van der Waals surface area (Å²) in [5.74, 6) is -1.08. The van der Waals surface area contributed by atoms with Crippen molar-refractivity contribution in [1.29, 1.82) is 0 Å². The zero-order valence-corrected chi connectivity index (χ0v) is 11.6. The van der Waals surface area contributed by atoms with Crippen molar-refractivity contribution in [2.45, 2.75) is 6.92 Å². The van der Waals surface area contributed by atoms with E-state index in [4.69, 9.17) is 4.74 Å². The molecule has 2 rings (SSSR count). The first-order chi connectivity index (χ1) is 10.5. The zero-order valence-electron chi connectivity index (χ0n) is 11.6. The van der Waals surface area contributed by atoms with Gasteiger partial charge in [0.1, 0.15) is 17.0 Å². The monoisotopic (exact) mass is 300 g/mol. The Morgan fingerprint density at radius 1 is 1.09 bits per heavy atom. The van der Waals surface area contributed by atoms with Gasteiger partial charge in [-0.1, -0.05) is 24.3 Å². The third-order valence-corrected chi connectivity index (χ3v) is 2.70. The van der Waals surface area contributed by atoms with Crippen molar-refractivity contribution in [3.63, 3.8) is 0 Å². The van der Waals surface area contributed by atoms with E-state index in [1.807, 2.05) is 0 Å². The fourth-order valence-corrected chi connectivity index (χ4v) is 1.85. The summed E-state index contributed by atoms with van der Waals surface area (Å²) in [4.78, 5) is 33.7. The maximum atomic E-state index is 12.1. The van der Waals surface area contributed by atoms with E-state index in [1.54, 1.807) is 30.3 Å². The van der Waals surface area contributed by atoms with Crippen LogP contribution >= 0.6 is 0 Å². The molecule has 1 N–H and O–H groups in total. The number of para-hydroxylation sites is 2. The van der Waals surface area contributed by atoms with Crippen LogP contribution in [0, 0.1) is 10.1 Å². The SMILES string of the molecule is CC(=O)Nc1cccc(C(=O)Oc2ccccc2)c1[N+](=O)[O-]. The van der Waals surface area contributed by atoms with Crippen LogP contribution in [0.1, 0.15) is 17.3 Å². The van der Waals surface area contributed by atoms with Crippen molar-refractivity contribution >= 4 is 23.3 Å². The summed E-state index contributed by atoms with van der Waals surface area (Å²) in [5.41, 5.74) is -0.793. The van der Waals surface area contributed by atoms with Crippen LogP contribution in [0.25, 0.3) is 0 Å². The lowest BCUT2D eigenvalue weighted by molar-refractivity contribution is -0.384. The van der Waals surface area contributed by atoms with Crippen molar-refractivity contribution < 1.29 is 19.2 Å². The van der Waals surface area contributed by atoms with Gasteiger partial charge in [0.05, 0.1) is 4.92 Å². The average molecular weight is 300 g/mol. The van der Waals surface area contributed by atoms with Crippen molar-refractivity contribution in [2.75, 3.05) is 5.32 Å². The van der Waals surface area contributed by atoms with Crippen LogP contribution in [0.15, 0.2) is 48.5 Å². The molecule has 1 amide bonds. The van der Waals surface area contributed by atoms with Crippen molar-refractivity contribution in [2.24, 2.45) is 0 Å². The highest BCUT2D eigenvalue weighted by atomic mass is 16.6. The quantitative estimate of drug-likeness (QED) is 0.405. The summed E-state index contributed by atoms with van der Waals surface area (Å²) >= 11 is 0. The minimum absolute atomic E-state index is 0.0555. The fourth-order valence-electron chi connectivity index (χ4n) is 1.85. The lowest BCUT2D eigenvalue weighted by Gasteiger charge is -2.08. The predicted molar refractivity (Wildman–Crippen MR) is 78.8 cm³/mol. The molecule has 0 bridgehead atoms. The standard InChI is InChI=1S/C15H12N2O5/c1-10(18)16-13-9-5-8-12(14(13)17(20)21)15(19)22-11-6-3-2-4-7-11/h2-9H,1H3,(H,16,18). The van der Waals surface area contributed by atoms with Gasteiger partial charge in [0.2, 0.25) is 5.91 Å². The van der Waals surface area contributed by atoms with Crippen molar-refractivity contribution in [3.05, 3.63) is 64.2 Å². The Hall–Kier alpha value is -3.22. The predicted octanol–water partition coefficient (Wildman–Crippen LogP) is 2.77. The largest absolute Gasteiger partial charge is 0.423 e. The van der Waals surface area contributed by atoms with Crippen LogP contribution in [0.3, 0.4) is 0 Å². The second-order valence-corrected chi connectivity index (χ2v) is 4.34. The molecule has 0 aliphatic carbocycles. The summed E-state index contributed by atoms with van der Waals surface area (Å²) in [6, 6.07) is 12.3. The topological polar surface area (TPSA) is 98.5 Å². The van der Waals surface area contributed by atoms with Crippen LogP contribution in [0.2, 0.25) is 0 Å². The number of hydrogen-bond donors (Lipinski definition) is 1. The summed E-state index contributed by atoms with van der Waals surface area (Å²) in [7, 11) is 0. The molecule has 112 valence electrons. The Morgan fingerprint density at radius 2 is 1.77 bits per heavy atom. The third kappa shape index (κ3) is 3.45. The number of hydrogen-bond acceptors (Lipinski definition) is 5. The van der Waals surface area contributed by atoms with Gasteiger partial charge in [-0.3, -0.25) is 14.9 Å². The first-order valence-electron chi connectivity index (χ1n) is 6.31. The van der Waals surface area contributed by atoms with Gasteiger partial charge in [-0.25, -0.2) is 4.79 Å². The van der Waals surface area contributed by atoms with E-state index in [1.165, 1.54) is 25.1 Å². The number of carbonyl (C=O) groups excluding carboxylic acids is 2. The van der Waals surface area contributed by atoms with Gasteiger partial charge in [0.25, 0.3) is 0 Å². The molecule has 0 unspecified atom stereocenters. The van der Waals surface area contributed by atoms with Crippen molar-refractivity contribution in [1.82, 2.24) is 0 Å². The number of anilines is 1. The lowest BCUT2D eigenvalue weighted by Crippen LogP contribution is -2.14. The van der Waals surface area contributed by atoms with Gasteiger partial charge >= 0.3 is 11.7 Å². The molecule has 2 aromatic carbocycles. The van der Waals surface area contributed by atoms with Crippen LogP contribution in [0.5, 0.6) is 5.75 Å². The molecule has 0 saturated carbocycles. The van der Waals surface area contributed by atoms with E-state index in [-0.39, 0.29) is 17.0 Å². The molecule has 22 heavy (non-hydrogen) atoms. The molecule has 0 spiro atoms. The minimum atomic E-state index is -0.870. The Bertz CT molecular complexity index is 728. The van der Waals surface area contributed by atoms with Gasteiger partial charge < -0.3 is 10.1 Å². The Kier molecular flexibility index (Phi) is 4.47. The van der Waals surface area contributed by atoms with Crippen molar-refractivity contribution in [3.8, 4) is 5.75 Å². The maximum absolute atomic E-state index is 12.1. The maximum Gasteiger partial charge on any atom is 0.350 e. The molecular formula is C15H12N2O5. The molecule has 0 heterocycles. The van der Waals surface area contributed by atoms with Gasteiger partial charge in [0, 0.05) is 6.92 Å². The number of esters is 1. The number of rotatable bonds is 4. The highest BCUT2D eigenvalue weighted by Crippen LogP contribution is 2.29. The minimum Gasteiger partial charge on any atom is -0.423 e.